The SMILES string of the molecule is Cc1cc(C(=O)N2CC3(CC(n4ccc(C5CC5)n4)C3)C2)cnc1OC(C)(C)C(F)(F)F. The van der Waals surface area contributed by atoms with Crippen LogP contribution < -0.4 is 4.74 Å². The lowest BCUT2D eigenvalue weighted by Gasteiger charge is -2.58. The van der Waals surface area contributed by atoms with Gasteiger partial charge in [0.1, 0.15) is 0 Å². The van der Waals surface area contributed by atoms with Crippen LogP contribution in [0.5, 0.6) is 5.88 Å². The second-order valence-corrected chi connectivity index (χ2v) is 10.2. The molecule has 2 saturated carbocycles. The van der Waals surface area contributed by atoms with Crippen molar-refractivity contribution in [3.8, 4) is 5.88 Å². The third-order valence-corrected chi connectivity index (χ3v) is 6.99. The van der Waals surface area contributed by atoms with Crippen molar-refractivity contribution < 1.29 is 22.7 Å². The number of pyridine rings is 1. The van der Waals surface area contributed by atoms with Gasteiger partial charge in [-0.25, -0.2) is 4.98 Å². The third-order valence-electron chi connectivity index (χ3n) is 6.99. The van der Waals surface area contributed by atoms with Crippen LogP contribution in [0.3, 0.4) is 0 Å². The summed E-state index contributed by atoms with van der Waals surface area (Å²) in [5.41, 5.74) is -0.238. The quantitative estimate of drug-likeness (QED) is 0.668. The number of ether oxygens (including phenoxy) is 1. The van der Waals surface area contributed by atoms with Gasteiger partial charge in [-0.05, 0) is 58.6 Å². The van der Waals surface area contributed by atoms with Crippen molar-refractivity contribution in [3.63, 3.8) is 0 Å². The van der Waals surface area contributed by atoms with Crippen LogP contribution in [-0.2, 0) is 0 Å². The molecule has 2 aromatic rings. The van der Waals surface area contributed by atoms with E-state index in [9.17, 15) is 18.0 Å². The van der Waals surface area contributed by atoms with E-state index in [1.807, 2.05) is 0 Å². The minimum Gasteiger partial charge on any atom is -0.462 e. The molecule has 172 valence electrons. The van der Waals surface area contributed by atoms with E-state index in [-0.39, 0.29) is 17.2 Å². The van der Waals surface area contributed by atoms with E-state index in [0.717, 1.165) is 26.7 Å². The number of hydrogen-bond donors (Lipinski definition) is 0. The number of halogens is 3. The fourth-order valence-corrected chi connectivity index (χ4v) is 4.71. The third kappa shape index (κ3) is 3.65. The predicted molar refractivity (Wildman–Crippen MR) is 111 cm³/mol. The standard InChI is InChI=1S/C23H27F3N4O2/c1-14-8-16(11-27-19(14)32-21(2,3)23(24,25)26)20(31)29-12-22(13-29)9-17(10-22)30-7-6-18(28-30)15-4-5-15/h6-8,11,15,17H,4-5,9-10,12-13H2,1-3H3. The highest BCUT2D eigenvalue weighted by Gasteiger charge is 2.54. The lowest BCUT2D eigenvalue weighted by Crippen LogP contribution is -2.63. The Morgan fingerprint density at radius 3 is 2.50 bits per heavy atom. The molecule has 3 aliphatic rings. The Labute approximate surface area is 184 Å². The summed E-state index contributed by atoms with van der Waals surface area (Å²) < 4.78 is 46.4. The zero-order chi connectivity index (χ0) is 22.9. The zero-order valence-electron chi connectivity index (χ0n) is 18.4. The molecule has 0 aromatic carbocycles. The summed E-state index contributed by atoms with van der Waals surface area (Å²) in [5, 5.41) is 4.72. The first-order valence-electron chi connectivity index (χ1n) is 11.0. The maximum absolute atomic E-state index is 13.1. The first kappa shape index (κ1) is 21.3. The van der Waals surface area contributed by atoms with Crippen LogP contribution in [-0.4, -0.2) is 50.4 Å². The van der Waals surface area contributed by atoms with Crippen molar-refractivity contribution in [2.75, 3.05) is 13.1 Å². The molecule has 3 fully saturated rings. The number of aryl methyl sites for hydroxylation is 1. The molecular formula is C23H27F3N4O2. The predicted octanol–water partition coefficient (Wildman–Crippen LogP) is 4.66. The van der Waals surface area contributed by atoms with Gasteiger partial charge in [0.2, 0.25) is 5.88 Å². The van der Waals surface area contributed by atoms with Gasteiger partial charge in [0.05, 0.1) is 17.3 Å². The first-order chi connectivity index (χ1) is 15.0. The Bertz CT molecular complexity index is 1040. The lowest BCUT2D eigenvalue weighted by molar-refractivity contribution is -0.235. The molecule has 0 N–H and O–H groups in total. The average molecular weight is 448 g/mol. The zero-order valence-corrected chi connectivity index (χ0v) is 18.4. The summed E-state index contributed by atoms with van der Waals surface area (Å²) in [5.74, 6) is 0.387. The highest BCUT2D eigenvalue weighted by Crippen LogP contribution is 2.54. The maximum atomic E-state index is 13.1. The Balaban J connectivity index is 1.17. The lowest BCUT2D eigenvalue weighted by atomic mass is 9.60. The van der Waals surface area contributed by atoms with E-state index >= 15 is 0 Å². The number of likely N-dealkylation sites (tertiary alicyclic amines) is 1. The van der Waals surface area contributed by atoms with Crippen molar-refractivity contribution in [2.45, 2.75) is 70.2 Å². The number of nitrogens with zero attached hydrogens (tertiary/aromatic N) is 4. The van der Waals surface area contributed by atoms with Gasteiger partial charge in [-0.15, -0.1) is 0 Å². The monoisotopic (exact) mass is 448 g/mol. The minimum atomic E-state index is -4.53. The number of carbonyl (C=O) groups is 1. The molecule has 5 rings (SSSR count). The summed E-state index contributed by atoms with van der Waals surface area (Å²) in [6.45, 7) is 4.89. The topological polar surface area (TPSA) is 60.2 Å². The molecule has 6 nitrogen and oxygen atoms in total. The number of hydrogen-bond acceptors (Lipinski definition) is 4. The molecule has 2 aromatic heterocycles. The Morgan fingerprint density at radius 1 is 1.22 bits per heavy atom. The molecule has 1 aliphatic heterocycles. The fraction of sp³-hybridized carbons (Fsp3) is 0.609. The van der Waals surface area contributed by atoms with Gasteiger partial charge in [0.25, 0.3) is 5.91 Å². The number of alkyl halides is 3. The number of carbonyl (C=O) groups excluding carboxylic acids is 1. The van der Waals surface area contributed by atoms with Crippen molar-refractivity contribution in [1.82, 2.24) is 19.7 Å². The molecule has 1 amide bonds. The molecular weight excluding hydrogens is 421 g/mol. The van der Waals surface area contributed by atoms with E-state index in [4.69, 9.17) is 9.84 Å². The van der Waals surface area contributed by atoms with Crippen molar-refractivity contribution >= 4 is 5.91 Å². The molecule has 0 bridgehead atoms. The van der Waals surface area contributed by atoms with Crippen LogP contribution in [0.2, 0.25) is 0 Å². The van der Waals surface area contributed by atoms with Crippen LogP contribution in [0.25, 0.3) is 0 Å². The number of aromatic nitrogens is 3. The van der Waals surface area contributed by atoms with E-state index in [1.165, 1.54) is 24.7 Å². The molecule has 0 radical (unpaired) electrons. The normalized spacial score (nSPS) is 20.8. The Kier molecular flexibility index (Phi) is 4.63. The molecule has 32 heavy (non-hydrogen) atoms. The molecule has 1 saturated heterocycles. The van der Waals surface area contributed by atoms with Crippen molar-refractivity contribution in [2.24, 2.45) is 5.41 Å². The van der Waals surface area contributed by atoms with E-state index in [0.29, 0.717) is 36.2 Å². The van der Waals surface area contributed by atoms with Gasteiger partial charge in [-0.2, -0.15) is 18.3 Å². The fourth-order valence-electron chi connectivity index (χ4n) is 4.71. The molecule has 0 unspecified atom stereocenters. The van der Waals surface area contributed by atoms with Gasteiger partial charge >= 0.3 is 6.18 Å². The van der Waals surface area contributed by atoms with Crippen LogP contribution in [0.1, 0.15) is 73.1 Å². The average Bonchev–Trinajstić information content (AvgIpc) is 3.38. The smallest absolute Gasteiger partial charge is 0.427 e. The highest BCUT2D eigenvalue weighted by molar-refractivity contribution is 5.94. The Hall–Kier alpha value is -2.58. The van der Waals surface area contributed by atoms with Crippen molar-refractivity contribution in [3.05, 3.63) is 41.3 Å². The molecule has 1 spiro atoms. The van der Waals surface area contributed by atoms with Crippen LogP contribution in [0.15, 0.2) is 24.5 Å². The Morgan fingerprint density at radius 2 is 1.91 bits per heavy atom. The first-order valence-corrected chi connectivity index (χ1v) is 11.0. The summed E-state index contributed by atoms with van der Waals surface area (Å²) in [6, 6.07) is 4.07. The highest BCUT2D eigenvalue weighted by atomic mass is 19.4. The summed E-state index contributed by atoms with van der Waals surface area (Å²) in [4.78, 5) is 18.6. The summed E-state index contributed by atoms with van der Waals surface area (Å²) in [7, 11) is 0. The van der Waals surface area contributed by atoms with Crippen LogP contribution in [0.4, 0.5) is 13.2 Å². The molecule has 0 atom stereocenters. The number of rotatable bonds is 5. The molecule has 2 aliphatic carbocycles. The summed E-state index contributed by atoms with van der Waals surface area (Å²) >= 11 is 0. The van der Waals surface area contributed by atoms with Gasteiger partial charge in [0.15, 0.2) is 5.60 Å². The molecule has 9 heteroatoms. The van der Waals surface area contributed by atoms with E-state index in [1.54, 1.807) is 17.9 Å². The maximum Gasteiger partial charge on any atom is 0.427 e. The van der Waals surface area contributed by atoms with E-state index in [2.05, 4.69) is 21.9 Å². The largest absolute Gasteiger partial charge is 0.462 e. The summed E-state index contributed by atoms with van der Waals surface area (Å²) in [6.07, 6.45) is 3.35. The van der Waals surface area contributed by atoms with Crippen LogP contribution in [0, 0.1) is 12.3 Å². The van der Waals surface area contributed by atoms with E-state index < -0.39 is 11.8 Å². The molecule has 3 heterocycles. The van der Waals surface area contributed by atoms with Gasteiger partial charge in [0, 0.05) is 42.4 Å². The van der Waals surface area contributed by atoms with Gasteiger partial charge < -0.3 is 9.64 Å². The van der Waals surface area contributed by atoms with Crippen molar-refractivity contribution in [1.29, 1.82) is 0 Å². The van der Waals surface area contributed by atoms with Gasteiger partial charge in [-0.3, -0.25) is 9.48 Å². The second-order valence-electron chi connectivity index (χ2n) is 10.2. The minimum absolute atomic E-state index is 0.115. The van der Waals surface area contributed by atoms with Crippen LogP contribution >= 0.6 is 0 Å². The second kappa shape index (κ2) is 6.96. The van der Waals surface area contributed by atoms with Gasteiger partial charge in [-0.1, -0.05) is 0 Å². The number of amides is 1.